The van der Waals surface area contributed by atoms with Crippen LogP contribution in [0.1, 0.15) is 30.5 Å². The van der Waals surface area contributed by atoms with E-state index in [9.17, 15) is 9.18 Å². The maximum absolute atomic E-state index is 12.9. The van der Waals surface area contributed by atoms with E-state index in [1.54, 1.807) is 35.4 Å². The Morgan fingerprint density at radius 1 is 1.30 bits per heavy atom. The van der Waals surface area contributed by atoms with Gasteiger partial charge < -0.3 is 4.90 Å². The molecule has 2 nitrogen and oxygen atoms in total. The van der Waals surface area contributed by atoms with E-state index in [1.807, 2.05) is 18.4 Å². The summed E-state index contributed by atoms with van der Waals surface area (Å²) in [5.41, 5.74) is 2.14. The van der Waals surface area contributed by atoms with E-state index in [2.05, 4.69) is 5.38 Å². The minimum atomic E-state index is -0.257. The average Bonchev–Trinajstić information content (AvgIpc) is 2.97. The number of hydrogen-bond acceptors (Lipinski definition) is 2. The monoisotopic (exact) mass is 291 g/mol. The van der Waals surface area contributed by atoms with Crippen molar-refractivity contribution in [2.75, 3.05) is 7.05 Å². The predicted octanol–water partition coefficient (Wildman–Crippen LogP) is 4.04. The van der Waals surface area contributed by atoms with E-state index in [0.717, 1.165) is 12.0 Å². The summed E-state index contributed by atoms with van der Waals surface area (Å²) < 4.78 is 12.9. The molecule has 0 aliphatic heterocycles. The van der Waals surface area contributed by atoms with Gasteiger partial charge in [0.2, 0.25) is 5.91 Å². The van der Waals surface area contributed by atoms with Crippen LogP contribution in [0.25, 0.3) is 0 Å². The molecule has 4 heteroatoms. The highest BCUT2D eigenvalue weighted by Crippen LogP contribution is 2.20. The van der Waals surface area contributed by atoms with Gasteiger partial charge in [-0.3, -0.25) is 4.79 Å². The van der Waals surface area contributed by atoms with Crippen molar-refractivity contribution in [3.05, 3.63) is 58.0 Å². The first-order chi connectivity index (χ1) is 9.58. The third-order valence-corrected chi connectivity index (χ3v) is 4.27. The van der Waals surface area contributed by atoms with Crippen molar-refractivity contribution >= 4 is 17.2 Å². The van der Waals surface area contributed by atoms with Gasteiger partial charge in [0.25, 0.3) is 0 Å². The molecule has 1 aromatic carbocycles. The number of benzene rings is 1. The summed E-state index contributed by atoms with van der Waals surface area (Å²) in [6, 6.07) is 8.29. The van der Waals surface area contributed by atoms with Gasteiger partial charge in [-0.15, -0.1) is 0 Å². The molecule has 0 N–H and O–H groups in total. The quantitative estimate of drug-likeness (QED) is 0.814. The van der Waals surface area contributed by atoms with E-state index in [-0.39, 0.29) is 17.8 Å². The maximum atomic E-state index is 12.9. The summed E-state index contributed by atoms with van der Waals surface area (Å²) >= 11 is 1.64. The molecule has 2 aromatic rings. The first-order valence-electron chi connectivity index (χ1n) is 6.60. The van der Waals surface area contributed by atoms with Crippen LogP contribution < -0.4 is 0 Å². The first-order valence-corrected chi connectivity index (χ1v) is 7.54. The lowest BCUT2D eigenvalue weighted by Crippen LogP contribution is -2.29. The second-order valence-corrected chi connectivity index (χ2v) is 5.64. The van der Waals surface area contributed by atoms with Crippen molar-refractivity contribution in [3.63, 3.8) is 0 Å². The molecule has 1 amide bonds. The highest BCUT2D eigenvalue weighted by molar-refractivity contribution is 7.07. The SMILES string of the molecule is CC(c1ccc(F)cc1)N(C)C(=O)CCc1ccsc1. The smallest absolute Gasteiger partial charge is 0.223 e. The Morgan fingerprint density at radius 3 is 2.60 bits per heavy atom. The highest BCUT2D eigenvalue weighted by atomic mass is 32.1. The third-order valence-electron chi connectivity index (χ3n) is 3.53. The van der Waals surface area contributed by atoms with Crippen LogP contribution in [-0.4, -0.2) is 17.9 Å². The van der Waals surface area contributed by atoms with Crippen LogP contribution in [0.2, 0.25) is 0 Å². The summed E-state index contributed by atoms with van der Waals surface area (Å²) in [6.45, 7) is 1.95. The molecular weight excluding hydrogens is 273 g/mol. The summed E-state index contributed by atoms with van der Waals surface area (Å²) in [4.78, 5) is 13.9. The van der Waals surface area contributed by atoms with E-state index in [0.29, 0.717) is 6.42 Å². The normalized spacial score (nSPS) is 12.2. The van der Waals surface area contributed by atoms with Gasteiger partial charge >= 0.3 is 0 Å². The van der Waals surface area contributed by atoms with Crippen LogP contribution in [0.3, 0.4) is 0 Å². The zero-order chi connectivity index (χ0) is 14.5. The lowest BCUT2D eigenvalue weighted by molar-refractivity contribution is -0.131. The van der Waals surface area contributed by atoms with Crippen molar-refractivity contribution < 1.29 is 9.18 Å². The topological polar surface area (TPSA) is 20.3 Å². The second-order valence-electron chi connectivity index (χ2n) is 4.86. The van der Waals surface area contributed by atoms with Crippen molar-refractivity contribution in [2.24, 2.45) is 0 Å². The Hall–Kier alpha value is -1.68. The number of nitrogens with zero attached hydrogens (tertiary/aromatic N) is 1. The average molecular weight is 291 g/mol. The third kappa shape index (κ3) is 3.67. The number of carbonyl (C=O) groups excluding carboxylic acids is 1. The van der Waals surface area contributed by atoms with E-state index >= 15 is 0 Å². The zero-order valence-corrected chi connectivity index (χ0v) is 12.5. The van der Waals surface area contributed by atoms with Gasteiger partial charge in [0, 0.05) is 13.5 Å². The van der Waals surface area contributed by atoms with Gasteiger partial charge in [0.15, 0.2) is 0 Å². The Balaban J connectivity index is 1.93. The Bertz CT molecular complexity index is 550. The molecule has 1 aromatic heterocycles. The van der Waals surface area contributed by atoms with Gasteiger partial charge in [-0.25, -0.2) is 4.39 Å². The van der Waals surface area contributed by atoms with E-state index < -0.39 is 0 Å². The largest absolute Gasteiger partial charge is 0.339 e. The molecule has 0 saturated carbocycles. The number of hydrogen-bond donors (Lipinski definition) is 0. The molecule has 0 fully saturated rings. The summed E-state index contributed by atoms with van der Waals surface area (Å²) in [6.07, 6.45) is 1.27. The van der Waals surface area contributed by atoms with Crippen LogP contribution in [0.15, 0.2) is 41.1 Å². The summed E-state index contributed by atoms with van der Waals surface area (Å²) in [5, 5.41) is 4.08. The maximum Gasteiger partial charge on any atom is 0.223 e. The second kappa shape index (κ2) is 6.66. The van der Waals surface area contributed by atoms with Crippen molar-refractivity contribution in [1.82, 2.24) is 4.90 Å². The molecule has 0 spiro atoms. The Labute approximate surface area is 122 Å². The lowest BCUT2D eigenvalue weighted by Gasteiger charge is -2.25. The van der Waals surface area contributed by atoms with E-state index in [1.165, 1.54) is 17.7 Å². The van der Waals surface area contributed by atoms with Crippen LogP contribution in [0.4, 0.5) is 4.39 Å². The van der Waals surface area contributed by atoms with Crippen molar-refractivity contribution in [1.29, 1.82) is 0 Å². The fourth-order valence-electron chi connectivity index (χ4n) is 2.04. The number of amides is 1. The molecule has 0 saturated heterocycles. The van der Waals surface area contributed by atoms with Crippen LogP contribution in [-0.2, 0) is 11.2 Å². The molecule has 1 heterocycles. The molecule has 0 aliphatic rings. The predicted molar refractivity (Wildman–Crippen MR) is 80.2 cm³/mol. The molecule has 0 radical (unpaired) electrons. The molecular formula is C16H18FNOS. The van der Waals surface area contributed by atoms with Crippen LogP contribution >= 0.6 is 11.3 Å². The Kier molecular flexibility index (Phi) is 4.90. The van der Waals surface area contributed by atoms with Gasteiger partial charge in [-0.1, -0.05) is 12.1 Å². The Morgan fingerprint density at radius 2 is 2.00 bits per heavy atom. The fourth-order valence-corrected chi connectivity index (χ4v) is 2.75. The lowest BCUT2D eigenvalue weighted by atomic mass is 10.1. The molecule has 2 rings (SSSR count). The number of thiophene rings is 1. The zero-order valence-electron chi connectivity index (χ0n) is 11.7. The number of rotatable bonds is 5. The number of carbonyl (C=O) groups is 1. The minimum Gasteiger partial charge on any atom is -0.339 e. The van der Waals surface area contributed by atoms with Gasteiger partial charge in [0.1, 0.15) is 5.82 Å². The molecule has 1 atom stereocenters. The fraction of sp³-hybridized carbons (Fsp3) is 0.312. The minimum absolute atomic E-state index is 0.0504. The van der Waals surface area contributed by atoms with Crippen LogP contribution in [0.5, 0.6) is 0 Å². The van der Waals surface area contributed by atoms with Crippen molar-refractivity contribution in [2.45, 2.75) is 25.8 Å². The molecule has 0 bridgehead atoms. The number of halogens is 1. The standard InChI is InChI=1S/C16H18FNOS/c1-12(14-4-6-15(17)7-5-14)18(2)16(19)8-3-13-9-10-20-11-13/h4-7,9-12H,3,8H2,1-2H3. The molecule has 20 heavy (non-hydrogen) atoms. The first kappa shape index (κ1) is 14.7. The summed E-state index contributed by atoms with van der Waals surface area (Å²) in [5.74, 6) is -0.152. The molecule has 106 valence electrons. The van der Waals surface area contributed by atoms with Crippen LogP contribution in [0, 0.1) is 5.82 Å². The van der Waals surface area contributed by atoms with Gasteiger partial charge in [-0.05, 0) is 53.4 Å². The highest BCUT2D eigenvalue weighted by Gasteiger charge is 2.17. The molecule has 1 unspecified atom stereocenters. The van der Waals surface area contributed by atoms with Gasteiger partial charge in [-0.2, -0.15) is 11.3 Å². The summed E-state index contributed by atoms with van der Waals surface area (Å²) in [7, 11) is 1.80. The van der Waals surface area contributed by atoms with Gasteiger partial charge in [0.05, 0.1) is 6.04 Å². The van der Waals surface area contributed by atoms with Crippen molar-refractivity contribution in [3.8, 4) is 0 Å². The number of aryl methyl sites for hydroxylation is 1. The van der Waals surface area contributed by atoms with E-state index in [4.69, 9.17) is 0 Å². The molecule has 0 aliphatic carbocycles.